The van der Waals surface area contributed by atoms with Gasteiger partial charge in [0.15, 0.2) is 0 Å². The van der Waals surface area contributed by atoms with E-state index < -0.39 is 0 Å². The van der Waals surface area contributed by atoms with Crippen molar-refractivity contribution in [3.8, 4) is 6.07 Å². The summed E-state index contributed by atoms with van der Waals surface area (Å²) in [5.41, 5.74) is 1.55. The smallest absolute Gasteiger partial charge is 0.101 e. The number of nitriles is 1. The zero-order valence-electron chi connectivity index (χ0n) is 9.41. The number of rotatable bonds is 4. The van der Waals surface area contributed by atoms with Crippen molar-refractivity contribution in [2.45, 2.75) is 6.42 Å². The SMILES string of the molecule is N#Cc1ccc(Br)cc1NCCc1ccc(Br)s1. The standard InChI is InChI=1S/C13H10Br2N2S/c14-10-2-1-9(8-16)12(7-10)17-6-5-11-3-4-13(15)18-11/h1-4,7,17H,5-6H2. The Morgan fingerprint density at radius 1 is 1.22 bits per heavy atom. The van der Waals surface area contributed by atoms with E-state index in [1.165, 1.54) is 4.88 Å². The molecule has 0 aliphatic carbocycles. The summed E-state index contributed by atoms with van der Waals surface area (Å²) in [7, 11) is 0. The highest BCUT2D eigenvalue weighted by Crippen LogP contribution is 2.23. The van der Waals surface area contributed by atoms with Gasteiger partial charge in [-0.1, -0.05) is 15.9 Å². The molecule has 18 heavy (non-hydrogen) atoms. The van der Waals surface area contributed by atoms with Gasteiger partial charge < -0.3 is 5.32 Å². The number of hydrogen-bond donors (Lipinski definition) is 1. The van der Waals surface area contributed by atoms with Crippen LogP contribution in [0.3, 0.4) is 0 Å². The van der Waals surface area contributed by atoms with Crippen molar-refractivity contribution in [1.29, 1.82) is 5.26 Å². The van der Waals surface area contributed by atoms with Crippen LogP contribution in [-0.4, -0.2) is 6.54 Å². The molecule has 0 amide bonds. The molecule has 2 rings (SSSR count). The Morgan fingerprint density at radius 3 is 2.72 bits per heavy atom. The minimum atomic E-state index is 0.672. The molecule has 5 heteroatoms. The highest BCUT2D eigenvalue weighted by molar-refractivity contribution is 9.11. The Hall–Kier alpha value is -0.830. The lowest BCUT2D eigenvalue weighted by Crippen LogP contribution is -2.05. The lowest BCUT2D eigenvalue weighted by atomic mass is 10.2. The number of nitrogens with zero attached hydrogens (tertiary/aromatic N) is 1. The number of anilines is 1. The van der Waals surface area contributed by atoms with Gasteiger partial charge in [0, 0.05) is 15.9 Å². The number of benzene rings is 1. The molecule has 2 aromatic rings. The summed E-state index contributed by atoms with van der Waals surface area (Å²) in [5, 5.41) is 12.3. The topological polar surface area (TPSA) is 35.8 Å². The molecular weight excluding hydrogens is 376 g/mol. The summed E-state index contributed by atoms with van der Waals surface area (Å²) in [4.78, 5) is 1.32. The van der Waals surface area contributed by atoms with Crippen molar-refractivity contribution in [2.75, 3.05) is 11.9 Å². The van der Waals surface area contributed by atoms with Gasteiger partial charge in [0.2, 0.25) is 0 Å². The van der Waals surface area contributed by atoms with Crippen LogP contribution in [0.15, 0.2) is 38.6 Å². The maximum atomic E-state index is 9.02. The molecule has 0 bridgehead atoms. The first kappa shape index (κ1) is 13.6. The van der Waals surface area contributed by atoms with E-state index in [0.717, 1.165) is 26.9 Å². The lowest BCUT2D eigenvalue weighted by Gasteiger charge is -2.07. The Kier molecular flexibility index (Phi) is 4.81. The van der Waals surface area contributed by atoms with Crippen LogP contribution in [0.1, 0.15) is 10.4 Å². The molecule has 0 spiro atoms. The van der Waals surface area contributed by atoms with Crippen LogP contribution in [-0.2, 0) is 6.42 Å². The average Bonchev–Trinajstić information content (AvgIpc) is 2.75. The van der Waals surface area contributed by atoms with Crippen LogP contribution in [0.5, 0.6) is 0 Å². The summed E-state index contributed by atoms with van der Waals surface area (Å²) in [6.07, 6.45) is 0.952. The summed E-state index contributed by atoms with van der Waals surface area (Å²) in [6, 6.07) is 12.0. The highest BCUT2D eigenvalue weighted by Gasteiger charge is 2.03. The van der Waals surface area contributed by atoms with Gasteiger partial charge in [-0.05, 0) is 52.7 Å². The number of nitrogens with one attached hydrogen (secondary N) is 1. The van der Waals surface area contributed by atoms with Gasteiger partial charge in [-0.25, -0.2) is 0 Å². The minimum absolute atomic E-state index is 0.672. The lowest BCUT2D eigenvalue weighted by molar-refractivity contribution is 1.04. The number of hydrogen-bond acceptors (Lipinski definition) is 3. The van der Waals surface area contributed by atoms with E-state index in [0.29, 0.717) is 5.56 Å². The van der Waals surface area contributed by atoms with Crippen LogP contribution in [0, 0.1) is 11.3 Å². The molecule has 0 aliphatic heterocycles. The number of halogens is 2. The fraction of sp³-hybridized carbons (Fsp3) is 0.154. The fourth-order valence-electron chi connectivity index (χ4n) is 1.57. The molecule has 92 valence electrons. The second kappa shape index (κ2) is 6.37. The van der Waals surface area contributed by atoms with E-state index in [1.54, 1.807) is 11.3 Å². The van der Waals surface area contributed by atoms with Crippen molar-refractivity contribution < 1.29 is 0 Å². The first-order valence-electron chi connectivity index (χ1n) is 5.37. The number of thiophene rings is 1. The molecule has 0 saturated carbocycles. The van der Waals surface area contributed by atoms with Gasteiger partial charge in [0.05, 0.1) is 15.0 Å². The van der Waals surface area contributed by atoms with E-state index in [1.807, 2.05) is 18.2 Å². The zero-order chi connectivity index (χ0) is 13.0. The van der Waals surface area contributed by atoms with Gasteiger partial charge in [0.25, 0.3) is 0 Å². The summed E-state index contributed by atoms with van der Waals surface area (Å²) < 4.78 is 2.13. The molecule has 0 fully saturated rings. The largest absolute Gasteiger partial charge is 0.384 e. The Labute approximate surface area is 127 Å². The van der Waals surface area contributed by atoms with E-state index in [9.17, 15) is 0 Å². The fourth-order valence-corrected chi connectivity index (χ4v) is 3.41. The first-order chi connectivity index (χ1) is 8.69. The third-order valence-corrected chi connectivity index (χ3v) is 4.59. The van der Waals surface area contributed by atoms with E-state index >= 15 is 0 Å². The van der Waals surface area contributed by atoms with Crippen LogP contribution in [0.25, 0.3) is 0 Å². The van der Waals surface area contributed by atoms with Crippen LogP contribution in [0.2, 0.25) is 0 Å². The van der Waals surface area contributed by atoms with Crippen molar-refractivity contribution >= 4 is 48.9 Å². The normalized spacial score (nSPS) is 10.1. The van der Waals surface area contributed by atoms with E-state index in [-0.39, 0.29) is 0 Å². The van der Waals surface area contributed by atoms with Gasteiger partial charge in [-0.2, -0.15) is 5.26 Å². The quantitative estimate of drug-likeness (QED) is 0.820. The molecule has 0 aliphatic rings. The third-order valence-electron chi connectivity index (χ3n) is 2.42. The molecule has 0 atom stereocenters. The molecule has 0 unspecified atom stereocenters. The average molecular weight is 386 g/mol. The summed E-state index contributed by atoms with van der Waals surface area (Å²) in [5.74, 6) is 0. The van der Waals surface area contributed by atoms with Crippen molar-refractivity contribution in [3.63, 3.8) is 0 Å². The third kappa shape index (κ3) is 3.58. The Morgan fingerprint density at radius 2 is 2.06 bits per heavy atom. The minimum Gasteiger partial charge on any atom is -0.384 e. The second-order valence-electron chi connectivity index (χ2n) is 3.68. The molecule has 0 radical (unpaired) electrons. The van der Waals surface area contributed by atoms with Gasteiger partial charge in [-0.3, -0.25) is 0 Å². The van der Waals surface area contributed by atoms with E-state index in [2.05, 4.69) is 55.4 Å². The molecule has 0 saturated heterocycles. The second-order valence-corrected chi connectivity index (χ2v) is 7.15. The van der Waals surface area contributed by atoms with Crippen molar-refractivity contribution in [3.05, 3.63) is 49.0 Å². The zero-order valence-corrected chi connectivity index (χ0v) is 13.4. The molecule has 1 N–H and O–H groups in total. The van der Waals surface area contributed by atoms with Crippen LogP contribution < -0.4 is 5.32 Å². The maximum Gasteiger partial charge on any atom is 0.101 e. The molecule has 1 aromatic heterocycles. The Bertz CT molecular complexity index is 587. The predicted octanol–water partition coefficient (Wildman–Crippen LogP) is 4.80. The summed E-state index contributed by atoms with van der Waals surface area (Å²) >= 11 is 8.60. The van der Waals surface area contributed by atoms with Gasteiger partial charge in [-0.15, -0.1) is 11.3 Å². The Balaban J connectivity index is 1.98. The highest BCUT2D eigenvalue weighted by atomic mass is 79.9. The van der Waals surface area contributed by atoms with Crippen molar-refractivity contribution in [1.82, 2.24) is 0 Å². The van der Waals surface area contributed by atoms with Crippen LogP contribution in [0.4, 0.5) is 5.69 Å². The monoisotopic (exact) mass is 384 g/mol. The molecular formula is C13H10Br2N2S. The first-order valence-corrected chi connectivity index (χ1v) is 7.77. The molecule has 1 heterocycles. The van der Waals surface area contributed by atoms with Crippen molar-refractivity contribution in [2.24, 2.45) is 0 Å². The van der Waals surface area contributed by atoms with Gasteiger partial charge in [0.1, 0.15) is 6.07 Å². The predicted molar refractivity (Wildman–Crippen MR) is 83.1 cm³/mol. The van der Waals surface area contributed by atoms with E-state index in [4.69, 9.17) is 5.26 Å². The van der Waals surface area contributed by atoms with Crippen LogP contribution >= 0.6 is 43.2 Å². The summed E-state index contributed by atoms with van der Waals surface area (Å²) in [6.45, 7) is 0.818. The molecule has 2 nitrogen and oxygen atoms in total. The molecule has 1 aromatic carbocycles. The maximum absolute atomic E-state index is 9.02. The van der Waals surface area contributed by atoms with Gasteiger partial charge >= 0.3 is 0 Å².